The van der Waals surface area contributed by atoms with Gasteiger partial charge in [-0.25, -0.2) is 8.78 Å². The minimum atomic E-state index is -0.692. The van der Waals surface area contributed by atoms with Gasteiger partial charge >= 0.3 is 0 Å². The predicted octanol–water partition coefficient (Wildman–Crippen LogP) is 4.22. The predicted molar refractivity (Wildman–Crippen MR) is 89.7 cm³/mol. The standard InChI is InChI=1S/C17H26F2N2.ClH/c1-3-4-5-6-15(21-11-9-20-10-12-21)14-8-7-13(2)16(18)17(14)19;/h7-8,15,20H,3-6,9-12H2,1-2H3;1H/t15-;/m1./s1. The molecule has 2 rings (SSSR count). The van der Waals surface area contributed by atoms with Crippen molar-refractivity contribution in [3.8, 4) is 0 Å². The molecular weight excluding hydrogens is 306 g/mol. The molecule has 0 aromatic heterocycles. The van der Waals surface area contributed by atoms with Gasteiger partial charge in [0.2, 0.25) is 0 Å². The summed E-state index contributed by atoms with van der Waals surface area (Å²) < 4.78 is 28.3. The van der Waals surface area contributed by atoms with Crippen molar-refractivity contribution in [2.45, 2.75) is 45.6 Å². The highest BCUT2D eigenvalue weighted by molar-refractivity contribution is 5.85. The molecule has 0 spiro atoms. The number of rotatable bonds is 6. The molecule has 1 aromatic carbocycles. The van der Waals surface area contributed by atoms with Crippen LogP contribution in [0.15, 0.2) is 12.1 Å². The van der Waals surface area contributed by atoms with Crippen LogP contribution in [-0.4, -0.2) is 31.1 Å². The van der Waals surface area contributed by atoms with Crippen LogP contribution >= 0.6 is 12.4 Å². The number of piperazine rings is 1. The molecule has 0 radical (unpaired) electrons. The van der Waals surface area contributed by atoms with Gasteiger partial charge in [0, 0.05) is 37.8 Å². The van der Waals surface area contributed by atoms with Gasteiger partial charge in [-0.3, -0.25) is 4.90 Å². The number of benzene rings is 1. The van der Waals surface area contributed by atoms with Crippen LogP contribution in [0.4, 0.5) is 8.78 Å². The maximum atomic E-state index is 14.4. The fourth-order valence-corrected chi connectivity index (χ4v) is 3.03. The topological polar surface area (TPSA) is 15.3 Å². The van der Waals surface area contributed by atoms with Crippen molar-refractivity contribution in [2.75, 3.05) is 26.2 Å². The Kier molecular flexibility index (Phi) is 8.29. The lowest BCUT2D eigenvalue weighted by atomic mass is 9.96. The van der Waals surface area contributed by atoms with E-state index < -0.39 is 11.6 Å². The SMILES string of the molecule is CCCCC[C@H](c1ccc(C)c(F)c1F)N1CCNCC1.Cl. The fourth-order valence-electron chi connectivity index (χ4n) is 3.03. The molecule has 5 heteroatoms. The molecule has 1 atom stereocenters. The molecule has 2 nitrogen and oxygen atoms in total. The maximum Gasteiger partial charge on any atom is 0.163 e. The van der Waals surface area contributed by atoms with Crippen LogP contribution < -0.4 is 5.32 Å². The number of nitrogens with zero attached hydrogens (tertiary/aromatic N) is 1. The average Bonchev–Trinajstić information content (AvgIpc) is 2.51. The van der Waals surface area contributed by atoms with Gasteiger partial charge in [-0.15, -0.1) is 12.4 Å². The van der Waals surface area contributed by atoms with E-state index in [4.69, 9.17) is 0 Å². The van der Waals surface area contributed by atoms with E-state index in [0.29, 0.717) is 11.1 Å². The summed E-state index contributed by atoms with van der Waals surface area (Å²) in [7, 11) is 0. The van der Waals surface area contributed by atoms with Crippen molar-refractivity contribution in [1.29, 1.82) is 0 Å². The zero-order valence-electron chi connectivity index (χ0n) is 13.5. The molecule has 1 aromatic rings. The van der Waals surface area contributed by atoms with E-state index in [2.05, 4.69) is 17.1 Å². The van der Waals surface area contributed by atoms with Crippen LogP contribution in [0.25, 0.3) is 0 Å². The number of unbranched alkanes of at least 4 members (excludes halogenated alkanes) is 2. The Bertz CT molecular complexity index is 462. The Morgan fingerprint density at radius 2 is 1.82 bits per heavy atom. The maximum absolute atomic E-state index is 14.4. The third-order valence-electron chi connectivity index (χ3n) is 4.34. The van der Waals surface area contributed by atoms with E-state index in [1.54, 1.807) is 19.1 Å². The van der Waals surface area contributed by atoms with Gasteiger partial charge in [-0.2, -0.15) is 0 Å². The van der Waals surface area contributed by atoms with Gasteiger partial charge in [0.1, 0.15) is 0 Å². The molecule has 22 heavy (non-hydrogen) atoms. The summed E-state index contributed by atoms with van der Waals surface area (Å²) in [5, 5.41) is 3.31. The Morgan fingerprint density at radius 1 is 1.14 bits per heavy atom. The lowest BCUT2D eigenvalue weighted by molar-refractivity contribution is 0.159. The van der Waals surface area contributed by atoms with Gasteiger partial charge in [-0.05, 0) is 18.9 Å². The molecule has 0 amide bonds. The molecule has 0 aliphatic carbocycles. The van der Waals surface area contributed by atoms with Crippen LogP contribution in [0.2, 0.25) is 0 Å². The number of hydrogen-bond donors (Lipinski definition) is 1. The Balaban J connectivity index is 0.00000242. The Labute approximate surface area is 138 Å². The first-order valence-corrected chi connectivity index (χ1v) is 8.04. The molecule has 1 aliphatic rings. The average molecular weight is 333 g/mol. The minimum Gasteiger partial charge on any atom is -0.314 e. The van der Waals surface area contributed by atoms with Crippen molar-refractivity contribution in [1.82, 2.24) is 10.2 Å². The summed E-state index contributed by atoms with van der Waals surface area (Å²) in [5.41, 5.74) is 0.903. The summed E-state index contributed by atoms with van der Waals surface area (Å²) in [6.45, 7) is 7.39. The molecule has 1 N–H and O–H groups in total. The van der Waals surface area contributed by atoms with Crippen LogP contribution in [0, 0.1) is 18.6 Å². The fraction of sp³-hybridized carbons (Fsp3) is 0.647. The summed E-state index contributed by atoms with van der Waals surface area (Å²) in [6, 6.07) is 3.46. The van der Waals surface area contributed by atoms with Crippen LogP contribution in [0.1, 0.15) is 49.8 Å². The second-order valence-electron chi connectivity index (χ2n) is 5.90. The minimum absolute atomic E-state index is 0. The molecule has 0 saturated carbocycles. The van der Waals surface area contributed by atoms with E-state index in [1.807, 2.05) is 0 Å². The van der Waals surface area contributed by atoms with Crippen molar-refractivity contribution >= 4 is 12.4 Å². The molecule has 126 valence electrons. The molecule has 1 fully saturated rings. The third kappa shape index (κ3) is 4.64. The largest absolute Gasteiger partial charge is 0.314 e. The zero-order chi connectivity index (χ0) is 15.2. The van der Waals surface area contributed by atoms with Crippen molar-refractivity contribution in [3.05, 3.63) is 34.9 Å². The number of aryl methyl sites for hydroxylation is 1. The smallest absolute Gasteiger partial charge is 0.163 e. The van der Waals surface area contributed by atoms with Crippen LogP contribution in [-0.2, 0) is 0 Å². The number of nitrogens with one attached hydrogen (secondary N) is 1. The lowest BCUT2D eigenvalue weighted by Gasteiger charge is -2.35. The molecule has 0 bridgehead atoms. The highest BCUT2D eigenvalue weighted by Crippen LogP contribution is 2.30. The monoisotopic (exact) mass is 332 g/mol. The lowest BCUT2D eigenvalue weighted by Crippen LogP contribution is -2.45. The Morgan fingerprint density at radius 3 is 2.45 bits per heavy atom. The first kappa shape index (κ1) is 19.3. The van der Waals surface area contributed by atoms with Gasteiger partial charge in [-0.1, -0.05) is 38.3 Å². The van der Waals surface area contributed by atoms with Gasteiger partial charge < -0.3 is 5.32 Å². The van der Waals surface area contributed by atoms with E-state index in [9.17, 15) is 8.78 Å². The van der Waals surface area contributed by atoms with Crippen molar-refractivity contribution in [3.63, 3.8) is 0 Å². The van der Waals surface area contributed by atoms with Crippen LogP contribution in [0.3, 0.4) is 0 Å². The normalized spacial score (nSPS) is 17.1. The zero-order valence-corrected chi connectivity index (χ0v) is 14.3. The summed E-state index contributed by atoms with van der Waals surface area (Å²) in [4.78, 5) is 2.29. The van der Waals surface area contributed by atoms with Gasteiger partial charge in [0.05, 0.1) is 0 Å². The van der Waals surface area contributed by atoms with Gasteiger partial charge in [0.15, 0.2) is 11.6 Å². The highest BCUT2D eigenvalue weighted by atomic mass is 35.5. The molecule has 1 heterocycles. The first-order chi connectivity index (χ1) is 10.1. The first-order valence-electron chi connectivity index (χ1n) is 8.04. The molecule has 1 aliphatic heterocycles. The number of hydrogen-bond acceptors (Lipinski definition) is 2. The summed E-state index contributed by atoms with van der Waals surface area (Å²) >= 11 is 0. The molecule has 0 unspecified atom stereocenters. The van der Waals surface area contributed by atoms with E-state index >= 15 is 0 Å². The summed E-state index contributed by atoms with van der Waals surface area (Å²) in [5.74, 6) is -1.35. The molecular formula is C17H27ClF2N2. The van der Waals surface area contributed by atoms with Crippen molar-refractivity contribution < 1.29 is 8.78 Å². The molecule has 1 saturated heterocycles. The quantitative estimate of drug-likeness (QED) is 0.785. The second-order valence-corrected chi connectivity index (χ2v) is 5.90. The van der Waals surface area contributed by atoms with Gasteiger partial charge in [0.25, 0.3) is 0 Å². The van der Waals surface area contributed by atoms with Crippen LogP contribution in [0.5, 0.6) is 0 Å². The Hall–Kier alpha value is -0.710. The van der Waals surface area contributed by atoms with E-state index in [1.165, 1.54) is 0 Å². The second kappa shape index (κ2) is 9.43. The van der Waals surface area contributed by atoms with E-state index in [-0.39, 0.29) is 18.4 Å². The summed E-state index contributed by atoms with van der Waals surface area (Å²) in [6.07, 6.45) is 4.23. The van der Waals surface area contributed by atoms with E-state index in [0.717, 1.165) is 51.9 Å². The number of halogens is 3. The third-order valence-corrected chi connectivity index (χ3v) is 4.34. The highest BCUT2D eigenvalue weighted by Gasteiger charge is 2.26. The van der Waals surface area contributed by atoms with Crippen molar-refractivity contribution in [2.24, 2.45) is 0 Å².